The smallest absolute Gasteiger partial charge is 0.387 e. The predicted molar refractivity (Wildman–Crippen MR) is 143 cm³/mol. The minimum atomic E-state index is -2.89. The van der Waals surface area contributed by atoms with E-state index in [0.717, 1.165) is 46.7 Å². The van der Waals surface area contributed by atoms with Crippen LogP contribution in [0, 0.1) is 6.92 Å². The first kappa shape index (κ1) is 26.4. The maximum Gasteiger partial charge on any atom is 0.387 e. The van der Waals surface area contributed by atoms with E-state index in [-0.39, 0.29) is 18.3 Å². The molecule has 1 aliphatic rings. The maximum atomic E-state index is 12.9. The highest BCUT2D eigenvalue weighted by Gasteiger charge is 2.18. The average molecular weight is 534 g/mol. The third kappa shape index (κ3) is 6.12. The molecule has 0 radical (unpaired) electrons. The number of esters is 1. The van der Waals surface area contributed by atoms with Crippen molar-refractivity contribution in [2.24, 2.45) is 0 Å². The van der Waals surface area contributed by atoms with Gasteiger partial charge in [-0.25, -0.2) is 15.0 Å². The number of hydrogen-bond acceptors (Lipinski definition) is 7. The fourth-order valence-corrected chi connectivity index (χ4v) is 4.73. The number of pyridine rings is 1. The molecule has 4 heterocycles. The highest BCUT2D eigenvalue weighted by atomic mass is 19.3. The highest BCUT2D eigenvalue weighted by molar-refractivity contribution is 5.72. The lowest BCUT2D eigenvalue weighted by atomic mass is 10.1. The van der Waals surface area contributed by atoms with Crippen molar-refractivity contribution in [1.82, 2.24) is 24.3 Å². The lowest BCUT2D eigenvalue weighted by molar-refractivity contribution is -0.144. The summed E-state index contributed by atoms with van der Waals surface area (Å²) < 4.78 is 37.6. The fraction of sp³-hybridized carbons (Fsp3) is 0.310. The number of para-hydroxylation sites is 1. The van der Waals surface area contributed by atoms with Crippen molar-refractivity contribution in [3.63, 3.8) is 0 Å². The fourth-order valence-electron chi connectivity index (χ4n) is 4.73. The molecule has 5 rings (SSSR count). The Kier molecular flexibility index (Phi) is 7.92. The summed E-state index contributed by atoms with van der Waals surface area (Å²) in [5, 5.41) is 0. The van der Waals surface area contributed by atoms with E-state index >= 15 is 0 Å². The molecular weight excluding hydrogens is 504 g/mol. The van der Waals surface area contributed by atoms with Gasteiger partial charge in [0.25, 0.3) is 0 Å². The van der Waals surface area contributed by atoms with Gasteiger partial charge in [0.15, 0.2) is 5.82 Å². The summed E-state index contributed by atoms with van der Waals surface area (Å²) in [4.78, 5) is 27.6. The molecule has 4 aromatic rings. The molecule has 1 aromatic carbocycles. The molecule has 10 heteroatoms. The summed E-state index contributed by atoms with van der Waals surface area (Å²) >= 11 is 0. The molecule has 0 saturated carbocycles. The molecule has 1 aliphatic heterocycles. The second kappa shape index (κ2) is 11.7. The Bertz CT molecular complexity index is 1500. The van der Waals surface area contributed by atoms with Gasteiger partial charge in [0, 0.05) is 60.5 Å². The first-order valence-corrected chi connectivity index (χ1v) is 12.8. The van der Waals surface area contributed by atoms with Crippen LogP contribution >= 0.6 is 0 Å². The number of hydrogen-bond donors (Lipinski definition) is 0. The van der Waals surface area contributed by atoms with Gasteiger partial charge in [-0.15, -0.1) is 0 Å². The third-order valence-corrected chi connectivity index (χ3v) is 6.69. The molecule has 0 N–H and O–H groups in total. The van der Waals surface area contributed by atoms with Crippen molar-refractivity contribution in [3.8, 4) is 16.9 Å². The summed E-state index contributed by atoms with van der Waals surface area (Å²) in [6.45, 7) is 2.85. The Hall–Kier alpha value is -4.18. The van der Waals surface area contributed by atoms with Gasteiger partial charge in [0.1, 0.15) is 11.4 Å². The summed E-state index contributed by atoms with van der Waals surface area (Å²) in [5.41, 5.74) is 5.91. The van der Waals surface area contributed by atoms with E-state index in [1.54, 1.807) is 43.6 Å². The van der Waals surface area contributed by atoms with Crippen LogP contribution in [0.2, 0.25) is 0 Å². The van der Waals surface area contributed by atoms with Crippen LogP contribution in [0.4, 0.5) is 8.78 Å². The molecule has 3 aromatic heterocycles. The molecule has 0 atom stereocenters. The van der Waals surface area contributed by atoms with Crippen molar-refractivity contribution >= 4 is 17.2 Å². The molecule has 8 nitrogen and oxygen atoms in total. The number of rotatable bonds is 9. The first-order chi connectivity index (χ1) is 18.9. The second-order valence-corrected chi connectivity index (χ2v) is 9.27. The number of carbonyl (C=O) groups excluding carboxylic acids is 1. The average Bonchev–Trinajstić information content (AvgIpc) is 3.24. The minimum absolute atomic E-state index is 0.156. The monoisotopic (exact) mass is 533 g/mol. The van der Waals surface area contributed by atoms with Crippen LogP contribution in [0.5, 0.6) is 5.75 Å². The van der Waals surface area contributed by atoms with Gasteiger partial charge in [0.05, 0.1) is 18.8 Å². The van der Waals surface area contributed by atoms with E-state index in [1.165, 1.54) is 0 Å². The standard InChI is InChI=1S/C29H29F2N5O3/c1-3-38-27(37)18-35-12-10-20(11-13-35)28-32-15-23(16-33-28)22-8-9-26-34-19(2)24(36(26)17-22)14-21-6-4-5-7-25(21)39-29(30)31/h4-10,15-17,29H,3,11-14,18H2,1-2H3. The summed E-state index contributed by atoms with van der Waals surface area (Å²) in [5.74, 6) is 0.613. The number of imidazole rings is 1. The second-order valence-electron chi connectivity index (χ2n) is 9.27. The summed E-state index contributed by atoms with van der Waals surface area (Å²) in [6.07, 6.45) is 8.75. The van der Waals surface area contributed by atoms with Gasteiger partial charge in [-0.2, -0.15) is 8.78 Å². The molecule has 0 saturated heterocycles. The van der Waals surface area contributed by atoms with Crippen molar-refractivity contribution in [2.75, 3.05) is 26.2 Å². The third-order valence-electron chi connectivity index (χ3n) is 6.69. The first-order valence-electron chi connectivity index (χ1n) is 12.8. The van der Waals surface area contributed by atoms with E-state index < -0.39 is 6.61 Å². The molecule has 0 aliphatic carbocycles. The van der Waals surface area contributed by atoms with Crippen LogP contribution in [0.15, 0.2) is 61.1 Å². The van der Waals surface area contributed by atoms with E-state index in [1.807, 2.05) is 34.6 Å². The number of halogens is 2. The number of carbonyl (C=O) groups is 1. The molecule has 0 spiro atoms. The number of aromatic nitrogens is 4. The largest absolute Gasteiger partial charge is 0.465 e. The number of ether oxygens (including phenoxy) is 2. The number of fused-ring (bicyclic) bond motifs is 1. The molecule has 0 bridgehead atoms. The zero-order valence-corrected chi connectivity index (χ0v) is 21.8. The van der Waals surface area contributed by atoms with Gasteiger partial charge < -0.3 is 13.9 Å². The minimum Gasteiger partial charge on any atom is -0.465 e. The summed E-state index contributed by atoms with van der Waals surface area (Å²) in [7, 11) is 0. The van der Waals surface area contributed by atoms with Gasteiger partial charge >= 0.3 is 12.6 Å². The van der Waals surface area contributed by atoms with E-state index in [0.29, 0.717) is 31.0 Å². The van der Waals surface area contributed by atoms with E-state index in [4.69, 9.17) is 9.47 Å². The SMILES string of the molecule is CCOC(=O)CN1CC=C(c2ncc(-c3ccc4nc(C)c(Cc5ccccc5OC(F)F)n4c3)cn2)CC1. The molecule has 0 unspecified atom stereocenters. The Morgan fingerprint density at radius 2 is 1.90 bits per heavy atom. The van der Waals surface area contributed by atoms with Gasteiger partial charge in [-0.05, 0) is 44.0 Å². The van der Waals surface area contributed by atoms with Crippen LogP contribution in [-0.2, 0) is 16.0 Å². The van der Waals surface area contributed by atoms with Crippen LogP contribution in [-0.4, -0.2) is 63.1 Å². The van der Waals surface area contributed by atoms with Crippen LogP contribution < -0.4 is 4.74 Å². The van der Waals surface area contributed by atoms with Crippen molar-refractivity contribution in [2.45, 2.75) is 33.3 Å². The van der Waals surface area contributed by atoms with Crippen molar-refractivity contribution in [3.05, 3.63) is 83.8 Å². The number of aryl methyl sites for hydroxylation is 1. The lowest BCUT2D eigenvalue weighted by Crippen LogP contribution is -2.34. The van der Waals surface area contributed by atoms with Crippen LogP contribution in [0.1, 0.15) is 36.1 Å². The van der Waals surface area contributed by atoms with Gasteiger partial charge in [-0.3, -0.25) is 9.69 Å². The highest BCUT2D eigenvalue weighted by Crippen LogP contribution is 2.27. The molecule has 202 valence electrons. The number of nitrogens with zero attached hydrogens (tertiary/aromatic N) is 5. The predicted octanol–water partition coefficient (Wildman–Crippen LogP) is 4.94. The quantitative estimate of drug-likeness (QED) is 0.282. The van der Waals surface area contributed by atoms with Gasteiger partial charge in [0.2, 0.25) is 0 Å². The topological polar surface area (TPSA) is 81.8 Å². The molecule has 39 heavy (non-hydrogen) atoms. The normalized spacial score (nSPS) is 14.0. The lowest BCUT2D eigenvalue weighted by Gasteiger charge is -2.24. The van der Waals surface area contributed by atoms with Crippen LogP contribution in [0.25, 0.3) is 22.3 Å². The summed E-state index contributed by atoms with van der Waals surface area (Å²) in [6, 6.07) is 10.7. The van der Waals surface area contributed by atoms with Crippen molar-refractivity contribution < 1.29 is 23.0 Å². The Morgan fingerprint density at radius 1 is 1.10 bits per heavy atom. The zero-order chi connectivity index (χ0) is 27.4. The zero-order valence-electron chi connectivity index (χ0n) is 21.8. The molecule has 0 fully saturated rings. The Morgan fingerprint density at radius 3 is 2.62 bits per heavy atom. The Balaban J connectivity index is 1.35. The number of benzene rings is 1. The van der Waals surface area contributed by atoms with Crippen LogP contribution in [0.3, 0.4) is 0 Å². The Labute approximate surface area is 224 Å². The maximum absolute atomic E-state index is 12.9. The van der Waals surface area contributed by atoms with E-state index in [9.17, 15) is 13.6 Å². The number of alkyl halides is 2. The van der Waals surface area contributed by atoms with Gasteiger partial charge in [-0.1, -0.05) is 24.3 Å². The molecular formula is C29H29F2N5O3. The van der Waals surface area contributed by atoms with E-state index in [2.05, 4.69) is 21.0 Å². The molecule has 0 amide bonds. The van der Waals surface area contributed by atoms with Crippen molar-refractivity contribution in [1.29, 1.82) is 0 Å².